The molecule has 0 saturated carbocycles. The number of aromatic nitrogens is 2. The molecule has 0 aliphatic carbocycles. The Balaban J connectivity index is 1.97. The normalized spacial score (nSPS) is 20.0. The number of fused-ring (bicyclic) bond motifs is 1. The lowest BCUT2D eigenvalue weighted by Crippen LogP contribution is -2.32. The summed E-state index contributed by atoms with van der Waals surface area (Å²) in [7, 11) is 0. The van der Waals surface area contributed by atoms with Crippen molar-refractivity contribution in [3.63, 3.8) is 0 Å². The number of hydrogen-bond acceptors (Lipinski definition) is 3. The van der Waals surface area contributed by atoms with Gasteiger partial charge in [-0.1, -0.05) is 15.9 Å². The Bertz CT molecular complexity index is 581. The molecule has 1 aliphatic rings. The molecule has 4 nitrogen and oxygen atoms in total. The highest BCUT2D eigenvalue weighted by atomic mass is 79.9. The summed E-state index contributed by atoms with van der Waals surface area (Å²) in [4.78, 5) is 4.55. The minimum absolute atomic E-state index is 0.0621. The topological polar surface area (TPSA) is 36.3 Å². The van der Waals surface area contributed by atoms with Crippen LogP contribution in [0.3, 0.4) is 0 Å². The summed E-state index contributed by atoms with van der Waals surface area (Å²) in [5.74, 6) is 1.25. The van der Waals surface area contributed by atoms with E-state index in [2.05, 4.69) is 31.5 Å². The summed E-state index contributed by atoms with van der Waals surface area (Å²) < 4.78 is 14.3. The molecule has 2 aromatic rings. The molecule has 1 aromatic carbocycles. The standard InChI is InChI=1S/C13H14BrClN2O2/c14-9-1-2-11-12(5-9)17(13(6-15)16-11)7-10-8-18-3-4-19-10/h1-2,5,10H,3-4,6-8H2. The second kappa shape index (κ2) is 5.79. The number of rotatable bonds is 3. The zero-order chi connectivity index (χ0) is 13.2. The van der Waals surface area contributed by atoms with Gasteiger partial charge >= 0.3 is 0 Å². The van der Waals surface area contributed by atoms with Crippen molar-refractivity contribution in [1.82, 2.24) is 9.55 Å². The maximum Gasteiger partial charge on any atom is 0.124 e. The van der Waals surface area contributed by atoms with Gasteiger partial charge in [-0.3, -0.25) is 0 Å². The molecule has 2 heterocycles. The summed E-state index contributed by atoms with van der Waals surface area (Å²) >= 11 is 9.49. The molecular formula is C13H14BrClN2O2. The smallest absolute Gasteiger partial charge is 0.124 e. The van der Waals surface area contributed by atoms with Crippen molar-refractivity contribution in [2.75, 3.05) is 19.8 Å². The molecular weight excluding hydrogens is 332 g/mol. The molecule has 0 amide bonds. The van der Waals surface area contributed by atoms with Gasteiger partial charge in [-0.2, -0.15) is 0 Å². The van der Waals surface area contributed by atoms with Gasteiger partial charge in [0.1, 0.15) is 5.82 Å². The largest absolute Gasteiger partial charge is 0.376 e. The van der Waals surface area contributed by atoms with Crippen molar-refractivity contribution < 1.29 is 9.47 Å². The number of alkyl halides is 1. The van der Waals surface area contributed by atoms with Crippen LogP contribution >= 0.6 is 27.5 Å². The van der Waals surface area contributed by atoms with Gasteiger partial charge in [-0.25, -0.2) is 4.98 Å². The van der Waals surface area contributed by atoms with Gasteiger partial charge in [0.2, 0.25) is 0 Å². The van der Waals surface area contributed by atoms with Gasteiger partial charge in [0.25, 0.3) is 0 Å². The number of ether oxygens (including phenoxy) is 2. The fourth-order valence-electron chi connectivity index (χ4n) is 2.30. The van der Waals surface area contributed by atoms with Gasteiger partial charge in [-0.15, -0.1) is 11.6 Å². The summed E-state index contributed by atoms with van der Waals surface area (Å²) in [6, 6.07) is 6.03. The van der Waals surface area contributed by atoms with Crippen molar-refractivity contribution in [2.24, 2.45) is 0 Å². The van der Waals surface area contributed by atoms with Gasteiger partial charge in [0.15, 0.2) is 0 Å². The first kappa shape index (κ1) is 13.4. The molecule has 1 saturated heterocycles. The number of nitrogens with zero attached hydrogens (tertiary/aromatic N) is 2. The fraction of sp³-hybridized carbons (Fsp3) is 0.462. The molecule has 1 aromatic heterocycles. The van der Waals surface area contributed by atoms with E-state index in [-0.39, 0.29) is 6.10 Å². The van der Waals surface area contributed by atoms with Crippen LogP contribution in [0.1, 0.15) is 5.82 Å². The van der Waals surface area contributed by atoms with Crippen LogP contribution in [0.25, 0.3) is 11.0 Å². The molecule has 1 aliphatic heterocycles. The SMILES string of the molecule is ClCc1nc2ccc(Br)cc2n1CC1COCCO1. The number of halogens is 2. The first-order valence-electron chi connectivity index (χ1n) is 6.18. The lowest BCUT2D eigenvalue weighted by molar-refractivity contribution is -0.0934. The van der Waals surface area contributed by atoms with E-state index in [9.17, 15) is 0 Å². The van der Waals surface area contributed by atoms with E-state index in [4.69, 9.17) is 21.1 Å². The minimum Gasteiger partial charge on any atom is -0.376 e. The summed E-state index contributed by atoms with van der Waals surface area (Å²) in [6.07, 6.45) is 0.0621. The van der Waals surface area contributed by atoms with Crippen molar-refractivity contribution in [3.05, 3.63) is 28.5 Å². The Labute approximate surface area is 124 Å². The van der Waals surface area contributed by atoms with Gasteiger partial charge in [0, 0.05) is 4.47 Å². The Hall–Kier alpha value is -0.620. The van der Waals surface area contributed by atoms with Crippen LogP contribution in [-0.2, 0) is 21.9 Å². The summed E-state index contributed by atoms with van der Waals surface area (Å²) in [5.41, 5.74) is 2.02. The number of imidazole rings is 1. The highest BCUT2D eigenvalue weighted by Gasteiger charge is 2.18. The van der Waals surface area contributed by atoms with Gasteiger partial charge < -0.3 is 14.0 Å². The van der Waals surface area contributed by atoms with Crippen molar-refractivity contribution in [3.8, 4) is 0 Å². The third-order valence-corrected chi connectivity index (χ3v) is 3.91. The van der Waals surface area contributed by atoms with Crippen LogP contribution < -0.4 is 0 Å². The maximum atomic E-state index is 5.99. The molecule has 0 bridgehead atoms. The highest BCUT2D eigenvalue weighted by molar-refractivity contribution is 9.10. The Kier molecular flexibility index (Phi) is 4.07. The van der Waals surface area contributed by atoms with E-state index in [1.807, 2.05) is 12.1 Å². The van der Waals surface area contributed by atoms with Crippen LogP contribution in [0.15, 0.2) is 22.7 Å². The predicted octanol–water partition coefficient (Wildman–Crippen LogP) is 2.95. The molecule has 1 fully saturated rings. The molecule has 1 unspecified atom stereocenters. The maximum absolute atomic E-state index is 5.99. The first-order valence-corrected chi connectivity index (χ1v) is 7.50. The van der Waals surface area contributed by atoms with E-state index < -0.39 is 0 Å². The van der Waals surface area contributed by atoms with Crippen LogP contribution in [0.4, 0.5) is 0 Å². The van der Waals surface area contributed by atoms with Crippen molar-refractivity contribution in [2.45, 2.75) is 18.5 Å². The average molecular weight is 346 g/mol. The van der Waals surface area contributed by atoms with E-state index in [0.717, 1.165) is 27.9 Å². The zero-order valence-corrected chi connectivity index (χ0v) is 12.7. The molecule has 0 spiro atoms. The van der Waals surface area contributed by atoms with Crippen molar-refractivity contribution in [1.29, 1.82) is 0 Å². The monoisotopic (exact) mass is 344 g/mol. The Morgan fingerprint density at radius 3 is 3.05 bits per heavy atom. The minimum atomic E-state index is 0.0621. The fourth-order valence-corrected chi connectivity index (χ4v) is 2.85. The number of hydrogen-bond donors (Lipinski definition) is 0. The van der Waals surface area contributed by atoms with E-state index in [0.29, 0.717) is 25.7 Å². The molecule has 0 radical (unpaired) electrons. The van der Waals surface area contributed by atoms with Gasteiger partial charge in [-0.05, 0) is 18.2 Å². The lowest BCUT2D eigenvalue weighted by Gasteiger charge is -2.24. The zero-order valence-electron chi connectivity index (χ0n) is 10.3. The Morgan fingerprint density at radius 2 is 2.32 bits per heavy atom. The van der Waals surface area contributed by atoms with Crippen LogP contribution in [0.5, 0.6) is 0 Å². The molecule has 19 heavy (non-hydrogen) atoms. The molecule has 102 valence electrons. The second-order valence-corrected chi connectivity index (χ2v) is 5.66. The van der Waals surface area contributed by atoms with Crippen LogP contribution in [-0.4, -0.2) is 35.5 Å². The molecule has 1 atom stereocenters. The van der Waals surface area contributed by atoms with E-state index >= 15 is 0 Å². The summed E-state index contributed by atoms with van der Waals surface area (Å²) in [6.45, 7) is 2.66. The quantitative estimate of drug-likeness (QED) is 0.803. The van der Waals surface area contributed by atoms with Crippen LogP contribution in [0.2, 0.25) is 0 Å². The first-order chi connectivity index (χ1) is 9.28. The number of benzene rings is 1. The third-order valence-electron chi connectivity index (χ3n) is 3.18. The highest BCUT2D eigenvalue weighted by Crippen LogP contribution is 2.23. The lowest BCUT2D eigenvalue weighted by atomic mass is 10.3. The summed E-state index contributed by atoms with van der Waals surface area (Å²) in [5, 5.41) is 0. The van der Waals surface area contributed by atoms with E-state index in [1.165, 1.54) is 0 Å². The third kappa shape index (κ3) is 2.79. The second-order valence-electron chi connectivity index (χ2n) is 4.47. The molecule has 3 rings (SSSR count). The average Bonchev–Trinajstić information content (AvgIpc) is 2.78. The predicted molar refractivity (Wildman–Crippen MR) is 77.5 cm³/mol. The molecule has 6 heteroatoms. The van der Waals surface area contributed by atoms with Crippen molar-refractivity contribution >= 4 is 38.6 Å². The van der Waals surface area contributed by atoms with Crippen LogP contribution in [0, 0.1) is 0 Å². The van der Waals surface area contributed by atoms with E-state index in [1.54, 1.807) is 0 Å². The Morgan fingerprint density at radius 1 is 1.42 bits per heavy atom. The molecule has 0 N–H and O–H groups in total. The van der Waals surface area contributed by atoms with Gasteiger partial charge in [0.05, 0.1) is 49.4 Å².